The molecule has 4 aromatic rings. The Balaban J connectivity index is 1.42. The summed E-state index contributed by atoms with van der Waals surface area (Å²) in [7, 11) is 1.96. The summed E-state index contributed by atoms with van der Waals surface area (Å²) in [4.78, 5) is 16.2. The number of aromatic nitrogens is 5. The molecule has 39 heavy (non-hydrogen) atoms. The summed E-state index contributed by atoms with van der Waals surface area (Å²) in [6, 6.07) is 10.00. The molecule has 0 radical (unpaired) electrons. The molecule has 2 atom stereocenters. The summed E-state index contributed by atoms with van der Waals surface area (Å²) in [5.41, 5.74) is 3.69. The minimum absolute atomic E-state index is 0.0581. The lowest BCUT2D eigenvalue weighted by molar-refractivity contribution is 0.176. The topological polar surface area (TPSA) is 72.4 Å². The van der Waals surface area contributed by atoms with E-state index >= 15 is 4.39 Å². The van der Waals surface area contributed by atoms with Crippen molar-refractivity contribution in [1.29, 1.82) is 0 Å². The van der Waals surface area contributed by atoms with Gasteiger partial charge in [0.25, 0.3) is 0 Å². The molecular formula is C28H32FI2N7O. The van der Waals surface area contributed by atoms with E-state index in [2.05, 4.69) is 39.5 Å². The first-order chi connectivity index (χ1) is 18.7. The van der Waals surface area contributed by atoms with E-state index in [-0.39, 0.29) is 11.6 Å². The molecule has 8 nitrogen and oxygen atoms in total. The van der Waals surface area contributed by atoms with E-state index in [0.717, 1.165) is 48.8 Å². The average molecular weight is 755 g/mol. The van der Waals surface area contributed by atoms with Crippen LogP contribution in [0.4, 0.5) is 4.39 Å². The van der Waals surface area contributed by atoms with E-state index in [1.54, 1.807) is 21.5 Å². The number of hydrogen-bond acceptors (Lipinski definition) is 5. The van der Waals surface area contributed by atoms with Gasteiger partial charge in [0.15, 0.2) is 0 Å². The first-order valence-corrected chi connectivity index (χ1v) is 15.6. The highest BCUT2D eigenvalue weighted by Gasteiger charge is 2.33. The molecular weight excluding hydrogens is 723 g/mol. The third-order valence-electron chi connectivity index (χ3n) is 8.09. The predicted molar refractivity (Wildman–Crippen MR) is 167 cm³/mol. The van der Waals surface area contributed by atoms with Crippen molar-refractivity contribution in [2.24, 2.45) is 18.9 Å². The van der Waals surface area contributed by atoms with Crippen molar-refractivity contribution in [3.63, 3.8) is 0 Å². The predicted octanol–water partition coefficient (Wildman–Crippen LogP) is 4.75. The van der Waals surface area contributed by atoms with Crippen LogP contribution in [0.25, 0.3) is 11.2 Å². The van der Waals surface area contributed by atoms with Gasteiger partial charge >= 0.3 is 5.69 Å². The molecule has 1 N–H and O–H groups in total. The Kier molecular flexibility index (Phi) is 7.61. The lowest BCUT2D eigenvalue weighted by atomic mass is 9.81. The van der Waals surface area contributed by atoms with Crippen LogP contribution >= 0.6 is 45.2 Å². The first kappa shape index (κ1) is 27.3. The smallest absolute Gasteiger partial charge is 0.320 e. The van der Waals surface area contributed by atoms with Crippen molar-refractivity contribution < 1.29 is 4.39 Å². The Bertz CT molecular complexity index is 1550. The summed E-state index contributed by atoms with van der Waals surface area (Å²) in [6.07, 6.45) is 7.80. The number of alkyl halides is 3. The summed E-state index contributed by atoms with van der Waals surface area (Å²) in [6.45, 7) is 6.84. The van der Waals surface area contributed by atoms with Gasteiger partial charge in [-0.05, 0) is 106 Å². The molecule has 0 bridgehead atoms. The second-order valence-corrected chi connectivity index (χ2v) is 16.1. The maximum Gasteiger partial charge on any atom is 0.337 e. The molecule has 206 valence electrons. The fourth-order valence-corrected chi connectivity index (χ4v) is 6.92. The van der Waals surface area contributed by atoms with Gasteiger partial charge in [-0.25, -0.2) is 9.18 Å². The molecule has 3 aromatic heterocycles. The molecule has 1 aromatic carbocycles. The van der Waals surface area contributed by atoms with E-state index in [0.29, 0.717) is 29.5 Å². The highest BCUT2D eigenvalue weighted by atomic mass is 127. The molecule has 0 aliphatic carbocycles. The zero-order valence-electron chi connectivity index (χ0n) is 22.0. The summed E-state index contributed by atoms with van der Waals surface area (Å²) in [5, 5.41) is 11.9. The van der Waals surface area contributed by atoms with Gasteiger partial charge in [0.05, 0.1) is 11.2 Å². The summed E-state index contributed by atoms with van der Waals surface area (Å²) in [5.74, 6) is 2.00. The van der Waals surface area contributed by atoms with Crippen molar-refractivity contribution in [2.45, 2.75) is 33.9 Å². The van der Waals surface area contributed by atoms with Crippen molar-refractivity contribution in [1.82, 2.24) is 33.9 Å². The normalized spacial score (nSPS) is 19.9. The van der Waals surface area contributed by atoms with E-state index < -0.39 is 1.68 Å². The van der Waals surface area contributed by atoms with Gasteiger partial charge in [-0.1, -0.05) is 19.1 Å². The van der Waals surface area contributed by atoms with Gasteiger partial charge in [0.1, 0.15) is 12.2 Å². The number of rotatable bonds is 7. The zero-order chi connectivity index (χ0) is 27.3. The minimum Gasteiger partial charge on any atom is -0.320 e. The molecule has 5 heterocycles. The fourth-order valence-electron chi connectivity index (χ4n) is 6.05. The Morgan fingerprint density at radius 2 is 2.05 bits per heavy atom. The molecule has 0 unspecified atom stereocenters. The summed E-state index contributed by atoms with van der Waals surface area (Å²) < 4.78 is 19.1. The zero-order valence-corrected chi connectivity index (χ0v) is 26.3. The van der Waals surface area contributed by atoms with Crippen LogP contribution in [0.15, 0.2) is 53.8 Å². The van der Waals surface area contributed by atoms with E-state index in [1.165, 1.54) is 12.8 Å². The largest absolute Gasteiger partial charge is 0.337 e. The molecule has 6 rings (SSSR count). The number of pyridine rings is 1. The Labute approximate surface area is 254 Å². The minimum atomic E-state index is -1.65. The van der Waals surface area contributed by atoms with Gasteiger partial charge in [0.2, 0.25) is 1.68 Å². The number of nitrogens with zero attached hydrogens (tertiary/aromatic N) is 6. The number of nitrogens with one attached hydrogen (secondary N) is 1. The van der Waals surface area contributed by atoms with Crippen molar-refractivity contribution >= 4 is 50.7 Å². The number of likely N-dealkylation sites (tertiary alicyclic amines) is 1. The maximum absolute atomic E-state index is 15.5. The highest BCUT2D eigenvalue weighted by molar-refractivity contribution is 14.2. The third-order valence-corrected chi connectivity index (χ3v) is 9.26. The van der Waals surface area contributed by atoms with Gasteiger partial charge in [-0.15, -0.1) is 10.2 Å². The van der Waals surface area contributed by atoms with Gasteiger partial charge in [0, 0.05) is 57.1 Å². The van der Waals surface area contributed by atoms with Crippen LogP contribution in [-0.4, -0.2) is 54.8 Å². The van der Waals surface area contributed by atoms with Gasteiger partial charge in [-0.3, -0.25) is 13.9 Å². The van der Waals surface area contributed by atoms with E-state index in [9.17, 15) is 4.79 Å². The number of aryl methyl sites for hydroxylation is 1. The number of benzene rings is 1. The number of imidazole rings is 1. The van der Waals surface area contributed by atoms with Crippen LogP contribution in [0.3, 0.4) is 0 Å². The van der Waals surface area contributed by atoms with Gasteiger partial charge in [-0.2, -0.15) is 0 Å². The number of piperidine rings is 1. The van der Waals surface area contributed by atoms with E-state index in [1.807, 2.05) is 81.2 Å². The highest BCUT2D eigenvalue weighted by Crippen LogP contribution is 2.43. The molecule has 0 saturated carbocycles. The molecule has 2 fully saturated rings. The van der Waals surface area contributed by atoms with Crippen molar-refractivity contribution in [2.75, 3.05) is 26.2 Å². The number of fused-ring (bicyclic) bond motifs is 1. The first-order valence-electron chi connectivity index (χ1n) is 13.4. The molecule has 2 aliphatic rings. The molecule has 2 saturated heterocycles. The lowest BCUT2D eigenvalue weighted by Crippen LogP contribution is -2.46. The average Bonchev–Trinajstić information content (AvgIpc) is 3.43. The quantitative estimate of drug-likeness (QED) is 0.218. The second-order valence-electron chi connectivity index (χ2n) is 11.1. The molecule has 11 heteroatoms. The monoisotopic (exact) mass is 755 g/mol. The standard InChI is InChI=1S/C28H32FI2N7O/c1-18-5-4-8-36(13-18)14-19-9-23(28(29,30)31)24-16-37(27(39)38(24)15-19)22-7-3-6-20(10-22)25(21-11-32-12-21)26-34-33-17-35(26)2/h3,6-7,9-10,15-18,21,25,32H,4-5,8,11-14H2,1-2H3/t18-,25+/m0/s1. The molecule has 2 aliphatic heterocycles. The van der Waals surface area contributed by atoms with Crippen LogP contribution in [0, 0.1) is 11.8 Å². The third kappa shape index (κ3) is 5.43. The number of halogens is 3. The van der Waals surface area contributed by atoms with Crippen LogP contribution in [0.5, 0.6) is 0 Å². The van der Waals surface area contributed by atoms with E-state index in [4.69, 9.17) is 0 Å². The van der Waals surface area contributed by atoms with Crippen molar-refractivity contribution in [3.05, 3.63) is 82.1 Å². The van der Waals surface area contributed by atoms with Gasteiger partial charge < -0.3 is 9.88 Å². The number of hydrogen-bond donors (Lipinski definition) is 1. The van der Waals surface area contributed by atoms with Crippen LogP contribution in [0.2, 0.25) is 0 Å². The Morgan fingerprint density at radius 1 is 1.23 bits per heavy atom. The van der Waals surface area contributed by atoms with Crippen molar-refractivity contribution in [3.8, 4) is 5.69 Å². The molecule has 0 spiro atoms. The van der Waals surface area contributed by atoms with Crippen LogP contribution in [0.1, 0.15) is 48.2 Å². The summed E-state index contributed by atoms with van der Waals surface area (Å²) >= 11 is 3.64. The lowest BCUT2D eigenvalue weighted by Gasteiger charge is -2.34. The van der Waals surface area contributed by atoms with Crippen LogP contribution in [-0.2, 0) is 15.3 Å². The Hall–Kier alpha value is -1.84. The maximum atomic E-state index is 15.5. The fraction of sp³-hybridized carbons (Fsp3) is 0.464. The van der Waals surface area contributed by atoms with Crippen LogP contribution < -0.4 is 11.0 Å². The molecule has 0 amide bonds. The Morgan fingerprint density at radius 3 is 2.72 bits per heavy atom. The SMILES string of the molecule is C[C@H]1CCCN(Cc2cc(C(F)(I)I)c3cn(-c4cccc([C@@H](c5nncn5C)C5CNC5)c4)c(=O)n3c2)C1. The second kappa shape index (κ2) is 10.9.